The van der Waals surface area contributed by atoms with Gasteiger partial charge in [0.1, 0.15) is 0 Å². The Balaban J connectivity index is 1.47. The average molecular weight is 379 g/mol. The van der Waals surface area contributed by atoms with Crippen molar-refractivity contribution >= 4 is 6.08 Å². The SMILES string of the molecule is CCCC1CCC(C2CCC(c3ccc(C=CC(F)(F)F)cc3)CC2)CC1. The Labute approximate surface area is 162 Å². The molecule has 2 aliphatic rings. The topological polar surface area (TPSA) is 0 Å². The van der Waals surface area contributed by atoms with Crippen molar-refractivity contribution in [2.75, 3.05) is 0 Å². The van der Waals surface area contributed by atoms with Crippen LogP contribution in [-0.2, 0) is 0 Å². The van der Waals surface area contributed by atoms with Gasteiger partial charge in [-0.1, -0.05) is 62.9 Å². The first kappa shape index (κ1) is 20.5. The minimum absolute atomic E-state index is 0.308. The molecular weight excluding hydrogens is 345 g/mol. The highest BCUT2D eigenvalue weighted by Crippen LogP contribution is 2.44. The second-order valence-corrected chi connectivity index (χ2v) is 8.72. The molecule has 0 saturated heterocycles. The van der Waals surface area contributed by atoms with Gasteiger partial charge in [-0.3, -0.25) is 0 Å². The van der Waals surface area contributed by atoms with Crippen molar-refractivity contribution in [2.24, 2.45) is 17.8 Å². The lowest BCUT2D eigenvalue weighted by atomic mass is 9.68. The standard InChI is InChI=1S/C24H33F3/c1-2-3-18-4-8-20(9-5-18)22-12-14-23(15-13-22)21-10-6-19(7-11-21)16-17-24(25,26)27/h6-7,10-11,16-18,20,22-23H,2-5,8-9,12-15H2,1H3. The van der Waals surface area contributed by atoms with E-state index in [-0.39, 0.29) is 0 Å². The molecule has 0 aromatic heterocycles. The predicted molar refractivity (Wildman–Crippen MR) is 107 cm³/mol. The molecule has 1 aromatic rings. The summed E-state index contributed by atoms with van der Waals surface area (Å²) in [5.41, 5.74) is 1.91. The number of rotatable bonds is 5. The van der Waals surface area contributed by atoms with Crippen LogP contribution < -0.4 is 0 Å². The van der Waals surface area contributed by atoms with Crippen molar-refractivity contribution < 1.29 is 13.2 Å². The summed E-state index contributed by atoms with van der Waals surface area (Å²) in [7, 11) is 0. The van der Waals surface area contributed by atoms with Crippen LogP contribution >= 0.6 is 0 Å². The third-order valence-corrected chi connectivity index (χ3v) is 6.90. The molecule has 1 aromatic carbocycles. The molecule has 2 fully saturated rings. The third-order valence-electron chi connectivity index (χ3n) is 6.90. The monoisotopic (exact) mass is 378 g/mol. The fourth-order valence-corrected chi connectivity index (χ4v) is 5.35. The first-order valence-corrected chi connectivity index (χ1v) is 10.8. The first-order chi connectivity index (χ1) is 12.9. The summed E-state index contributed by atoms with van der Waals surface area (Å²) >= 11 is 0. The highest BCUT2D eigenvalue weighted by Gasteiger charge is 2.31. The van der Waals surface area contributed by atoms with Crippen LogP contribution in [0.5, 0.6) is 0 Å². The highest BCUT2D eigenvalue weighted by atomic mass is 19.4. The van der Waals surface area contributed by atoms with Crippen LogP contribution in [0.4, 0.5) is 13.2 Å². The molecule has 0 unspecified atom stereocenters. The zero-order valence-corrected chi connectivity index (χ0v) is 16.5. The van der Waals surface area contributed by atoms with Gasteiger partial charge in [0.05, 0.1) is 0 Å². The summed E-state index contributed by atoms with van der Waals surface area (Å²) < 4.78 is 36.8. The Bertz CT molecular complexity index is 583. The van der Waals surface area contributed by atoms with E-state index in [2.05, 4.69) is 6.92 Å². The van der Waals surface area contributed by atoms with Gasteiger partial charge in [0.15, 0.2) is 0 Å². The fourth-order valence-electron chi connectivity index (χ4n) is 5.35. The van der Waals surface area contributed by atoms with Crippen LogP contribution in [0.25, 0.3) is 6.08 Å². The van der Waals surface area contributed by atoms with Gasteiger partial charge in [0.2, 0.25) is 0 Å². The number of allylic oxidation sites excluding steroid dienone is 1. The lowest BCUT2D eigenvalue weighted by Crippen LogP contribution is -2.25. The summed E-state index contributed by atoms with van der Waals surface area (Å²) in [5.74, 6) is 3.40. The zero-order chi connectivity index (χ0) is 19.3. The van der Waals surface area contributed by atoms with Gasteiger partial charge in [-0.25, -0.2) is 0 Å². The smallest absolute Gasteiger partial charge is 0.167 e. The minimum atomic E-state index is -4.24. The molecule has 0 bridgehead atoms. The lowest BCUT2D eigenvalue weighted by Gasteiger charge is -2.38. The van der Waals surface area contributed by atoms with Crippen LogP contribution in [0.1, 0.15) is 88.2 Å². The first-order valence-electron chi connectivity index (χ1n) is 10.8. The molecule has 0 atom stereocenters. The fraction of sp³-hybridized carbons (Fsp3) is 0.667. The van der Waals surface area contributed by atoms with Crippen LogP contribution in [0.2, 0.25) is 0 Å². The van der Waals surface area contributed by atoms with E-state index in [9.17, 15) is 13.2 Å². The molecular formula is C24H33F3. The number of halogens is 3. The van der Waals surface area contributed by atoms with Gasteiger partial charge in [-0.2, -0.15) is 13.2 Å². The van der Waals surface area contributed by atoms with Crippen LogP contribution in [0.15, 0.2) is 30.3 Å². The van der Waals surface area contributed by atoms with Crippen molar-refractivity contribution in [1.29, 1.82) is 0 Å². The van der Waals surface area contributed by atoms with Crippen LogP contribution in [0.3, 0.4) is 0 Å². The summed E-state index contributed by atoms with van der Waals surface area (Å²) in [6.07, 6.45) is 10.8. The molecule has 3 rings (SSSR count). The highest BCUT2D eigenvalue weighted by molar-refractivity contribution is 5.50. The Kier molecular flexibility index (Phi) is 7.05. The van der Waals surface area contributed by atoms with Gasteiger partial charge < -0.3 is 0 Å². The maximum Gasteiger partial charge on any atom is 0.409 e. The van der Waals surface area contributed by atoms with E-state index in [1.54, 1.807) is 0 Å². The molecule has 150 valence electrons. The molecule has 0 heterocycles. The largest absolute Gasteiger partial charge is 0.409 e. The summed E-state index contributed by atoms with van der Waals surface area (Å²) in [5, 5.41) is 0. The van der Waals surface area contributed by atoms with E-state index in [1.165, 1.54) is 69.8 Å². The van der Waals surface area contributed by atoms with E-state index in [1.807, 2.05) is 24.3 Å². The van der Waals surface area contributed by atoms with Gasteiger partial charge in [0, 0.05) is 6.08 Å². The maximum absolute atomic E-state index is 12.3. The quantitative estimate of drug-likeness (QED) is 0.485. The molecule has 0 N–H and O–H groups in total. The molecule has 0 aliphatic heterocycles. The number of hydrogen-bond acceptors (Lipinski definition) is 0. The summed E-state index contributed by atoms with van der Waals surface area (Å²) in [6.45, 7) is 2.30. The average Bonchev–Trinajstić information content (AvgIpc) is 2.67. The van der Waals surface area contributed by atoms with E-state index < -0.39 is 6.18 Å². The molecule has 3 heteroatoms. The Morgan fingerprint density at radius 1 is 0.852 bits per heavy atom. The number of benzene rings is 1. The Morgan fingerprint density at radius 3 is 1.93 bits per heavy atom. The van der Waals surface area contributed by atoms with Crippen LogP contribution in [0, 0.1) is 17.8 Å². The third kappa shape index (κ3) is 6.12. The van der Waals surface area contributed by atoms with Crippen molar-refractivity contribution in [1.82, 2.24) is 0 Å². The molecule has 27 heavy (non-hydrogen) atoms. The molecule has 0 radical (unpaired) electrons. The van der Waals surface area contributed by atoms with E-state index in [4.69, 9.17) is 0 Å². The Hall–Kier alpha value is -1.25. The normalized spacial score (nSPS) is 29.9. The number of alkyl halides is 3. The van der Waals surface area contributed by atoms with Crippen molar-refractivity contribution in [2.45, 2.75) is 83.2 Å². The van der Waals surface area contributed by atoms with Gasteiger partial charge in [-0.05, 0) is 73.3 Å². The van der Waals surface area contributed by atoms with Crippen molar-refractivity contribution in [3.8, 4) is 0 Å². The van der Waals surface area contributed by atoms with Gasteiger partial charge in [0.25, 0.3) is 0 Å². The van der Waals surface area contributed by atoms with Crippen molar-refractivity contribution in [3.63, 3.8) is 0 Å². The zero-order valence-electron chi connectivity index (χ0n) is 16.5. The van der Waals surface area contributed by atoms with Gasteiger partial charge >= 0.3 is 6.18 Å². The molecule has 2 aliphatic carbocycles. The van der Waals surface area contributed by atoms with Crippen molar-refractivity contribution in [3.05, 3.63) is 41.5 Å². The second-order valence-electron chi connectivity index (χ2n) is 8.72. The molecule has 0 spiro atoms. The van der Waals surface area contributed by atoms with E-state index in [0.29, 0.717) is 17.6 Å². The Morgan fingerprint density at radius 2 is 1.41 bits per heavy atom. The second kappa shape index (κ2) is 9.30. The predicted octanol–water partition coefficient (Wildman–Crippen LogP) is 8.14. The van der Waals surface area contributed by atoms with Gasteiger partial charge in [-0.15, -0.1) is 0 Å². The molecule has 2 saturated carbocycles. The maximum atomic E-state index is 12.3. The molecule has 0 amide bonds. The van der Waals surface area contributed by atoms with E-state index in [0.717, 1.165) is 23.8 Å². The summed E-state index contributed by atoms with van der Waals surface area (Å²) in [4.78, 5) is 0. The summed E-state index contributed by atoms with van der Waals surface area (Å²) in [6, 6.07) is 7.69. The van der Waals surface area contributed by atoms with E-state index >= 15 is 0 Å². The molecule has 0 nitrogen and oxygen atoms in total. The minimum Gasteiger partial charge on any atom is -0.167 e. The number of hydrogen-bond donors (Lipinski definition) is 0. The van der Waals surface area contributed by atoms with Crippen LogP contribution in [-0.4, -0.2) is 6.18 Å². The lowest BCUT2D eigenvalue weighted by molar-refractivity contribution is -0.0790.